The van der Waals surface area contributed by atoms with E-state index < -0.39 is 43.0 Å². The number of rotatable bonds is 5. The van der Waals surface area contributed by atoms with Crippen molar-refractivity contribution in [1.29, 1.82) is 0 Å². The second kappa shape index (κ2) is 13.3. The number of Topliss-reactive ketones (excluding diaryl/α,β-unsaturated/α-hetero) is 1. The number of non-ortho nitro benzene ring substituents is 2. The van der Waals surface area contributed by atoms with Gasteiger partial charge in [0.2, 0.25) is 0 Å². The minimum absolute atomic E-state index is 0. The van der Waals surface area contributed by atoms with Crippen LogP contribution in [0.1, 0.15) is 65.4 Å². The van der Waals surface area contributed by atoms with Gasteiger partial charge in [0.1, 0.15) is 22.6 Å². The lowest BCUT2D eigenvalue weighted by Gasteiger charge is -2.14. The molecule has 0 aliphatic heterocycles. The molecule has 0 unspecified atom stereocenters. The summed E-state index contributed by atoms with van der Waals surface area (Å²) in [5, 5.41) is 20.9. The highest BCUT2D eigenvalue weighted by atomic mass is 32.2. The van der Waals surface area contributed by atoms with Gasteiger partial charge in [-0.15, -0.1) is 0 Å². The van der Waals surface area contributed by atoms with Crippen LogP contribution in [-0.4, -0.2) is 30.3 Å². The Morgan fingerprint density at radius 3 is 1.62 bits per heavy atom. The summed E-state index contributed by atoms with van der Waals surface area (Å²) in [6.45, 7) is 7.85. The number of ketones is 1. The first kappa shape index (κ1) is 32.8. The van der Waals surface area contributed by atoms with Crippen molar-refractivity contribution in [3.05, 3.63) is 79.4 Å². The van der Waals surface area contributed by atoms with E-state index in [1.807, 2.05) is 0 Å². The summed E-state index contributed by atoms with van der Waals surface area (Å²) >= 11 is 0. The van der Waals surface area contributed by atoms with Crippen molar-refractivity contribution < 1.29 is 27.6 Å². The van der Waals surface area contributed by atoms with Gasteiger partial charge in [0, 0.05) is 29.8 Å². The summed E-state index contributed by atoms with van der Waals surface area (Å²) < 4.78 is 41.6. The first-order chi connectivity index (χ1) is 14.6. The molecule has 1 atom stereocenters. The topological polar surface area (TPSA) is 133 Å². The molecule has 2 aromatic carbocycles. The van der Waals surface area contributed by atoms with E-state index >= 15 is 0 Å². The van der Waals surface area contributed by atoms with Crippen molar-refractivity contribution in [2.24, 2.45) is 4.40 Å². The Morgan fingerprint density at radius 2 is 1.26 bits per heavy atom. The molecule has 0 aliphatic rings. The van der Waals surface area contributed by atoms with Crippen LogP contribution in [0, 0.1) is 31.9 Å². The molecule has 0 amide bonds. The van der Waals surface area contributed by atoms with Crippen LogP contribution in [0.5, 0.6) is 0 Å². The van der Waals surface area contributed by atoms with E-state index in [1.165, 1.54) is 6.92 Å². The zero-order chi connectivity index (χ0) is 24.8. The summed E-state index contributed by atoms with van der Waals surface area (Å²) in [7, 11) is -1.54. The van der Waals surface area contributed by atoms with Crippen LogP contribution >= 0.6 is 0 Å². The molecule has 12 heteroatoms. The van der Waals surface area contributed by atoms with Crippen LogP contribution in [0.2, 0.25) is 0 Å². The molecule has 0 N–H and O–H groups in total. The zero-order valence-electron chi connectivity index (χ0n) is 17.9. The number of carbonyl (C=O) groups excluding carboxylic acids is 1. The van der Waals surface area contributed by atoms with Crippen molar-refractivity contribution in [2.45, 2.75) is 54.2 Å². The maximum Gasteiger partial charge on any atom is 0.270 e. The van der Waals surface area contributed by atoms with Crippen LogP contribution in [-0.2, 0) is 11.0 Å². The Bertz CT molecular complexity index is 1110. The molecular weight excluding hydrogens is 472 g/mol. The third kappa shape index (κ3) is 9.22. The molecule has 0 saturated carbocycles. The van der Waals surface area contributed by atoms with E-state index in [-0.39, 0.29) is 43.1 Å². The third-order valence-electron chi connectivity index (χ3n) is 3.83. The quantitative estimate of drug-likeness (QED) is 0.207. The van der Waals surface area contributed by atoms with Gasteiger partial charge in [0.05, 0.1) is 25.9 Å². The van der Waals surface area contributed by atoms with Crippen molar-refractivity contribution in [1.82, 2.24) is 0 Å². The van der Waals surface area contributed by atoms with Gasteiger partial charge in [0.15, 0.2) is 5.78 Å². The zero-order valence-corrected chi connectivity index (χ0v) is 18.7. The molecule has 34 heavy (non-hydrogen) atoms. The molecule has 0 radical (unpaired) electrons. The highest BCUT2D eigenvalue weighted by Crippen LogP contribution is 2.20. The summed E-state index contributed by atoms with van der Waals surface area (Å²) in [6.07, 6.45) is 0. The second-order valence-corrected chi connectivity index (χ2v) is 9.34. The summed E-state index contributed by atoms with van der Waals surface area (Å²) in [4.78, 5) is 30.4. The fourth-order valence-electron chi connectivity index (χ4n) is 2.11. The molecular formula is C22H29F2N3O6S. The first-order valence-electron chi connectivity index (χ1n) is 9.01. The van der Waals surface area contributed by atoms with Crippen LogP contribution in [0.4, 0.5) is 20.2 Å². The van der Waals surface area contributed by atoms with Crippen molar-refractivity contribution in [3.63, 3.8) is 0 Å². The number of benzene rings is 2. The highest BCUT2D eigenvalue weighted by Gasteiger charge is 2.20. The molecule has 0 bridgehead atoms. The van der Waals surface area contributed by atoms with Gasteiger partial charge in [-0.3, -0.25) is 25.0 Å². The van der Waals surface area contributed by atoms with Gasteiger partial charge < -0.3 is 0 Å². The normalized spacial score (nSPS) is 11.7. The SMILES string of the molecule is C.C.CC(=N[S@](=O)C(C)(C)C)c1cc([N+](=O)[O-])ccc1F.CC(=O)c1cc([N+](=O)[O-])ccc1F. The summed E-state index contributed by atoms with van der Waals surface area (Å²) in [5.74, 6) is -1.89. The van der Waals surface area contributed by atoms with E-state index in [0.29, 0.717) is 0 Å². The number of nitro groups is 2. The molecule has 9 nitrogen and oxygen atoms in total. The van der Waals surface area contributed by atoms with Gasteiger partial charge in [-0.05, 0) is 46.8 Å². The number of carbonyl (C=O) groups is 1. The van der Waals surface area contributed by atoms with E-state index in [2.05, 4.69) is 4.40 Å². The number of nitro benzene ring substituents is 2. The number of hydrogen-bond acceptors (Lipinski definition) is 6. The van der Waals surface area contributed by atoms with Crippen molar-refractivity contribution in [3.8, 4) is 0 Å². The Labute approximate surface area is 199 Å². The van der Waals surface area contributed by atoms with Gasteiger partial charge in [-0.2, -0.15) is 4.40 Å². The van der Waals surface area contributed by atoms with Crippen LogP contribution < -0.4 is 0 Å². The monoisotopic (exact) mass is 501 g/mol. The third-order valence-corrected chi connectivity index (χ3v) is 5.32. The van der Waals surface area contributed by atoms with E-state index in [4.69, 9.17) is 0 Å². The second-order valence-electron chi connectivity index (χ2n) is 7.44. The summed E-state index contributed by atoms with van der Waals surface area (Å²) in [5.41, 5.74) is -0.602. The van der Waals surface area contributed by atoms with Gasteiger partial charge in [-0.1, -0.05) is 14.9 Å². The molecule has 0 fully saturated rings. The van der Waals surface area contributed by atoms with Crippen molar-refractivity contribution in [2.75, 3.05) is 0 Å². The average Bonchev–Trinajstić information content (AvgIpc) is 2.67. The average molecular weight is 502 g/mol. The predicted octanol–water partition coefficient (Wildman–Crippen LogP) is 6.21. The number of hydrogen-bond donors (Lipinski definition) is 0. The van der Waals surface area contributed by atoms with Crippen LogP contribution in [0.3, 0.4) is 0 Å². The molecule has 0 heterocycles. The maximum atomic E-state index is 13.6. The van der Waals surface area contributed by atoms with Gasteiger partial charge in [-0.25, -0.2) is 13.0 Å². The molecule has 2 aromatic rings. The van der Waals surface area contributed by atoms with Crippen LogP contribution in [0.15, 0.2) is 40.8 Å². The lowest BCUT2D eigenvalue weighted by molar-refractivity contribution is -0.385. The lowest BCUT2D eigenvalue weighted by atomic mass is 10.1. The standard InChI is InChI=1S/C12H15FN2O3S.C8H6FNO3.2CH4/c1-8(14-19(18)12(2,3)4)10-7-9(15(16)17)5-6-11(10)13;1-5(11)7-4-6(10(12)13)2-3-8(7)9;;/h5-7H,1-4H3;2-4H,1H3;2*1H4/t19-;;;/m1.../s1. The summed E-state index contributed by atoms with van der Waals surface area (Å²) in [6, 6.07) is 6.03. The minimum atomic E-state index is -1.54. The lowest BCUT2D eigenvalue weighted by Crippen LogP contribution is -2.20. The Kier molecular flexibility index (Phi) is 12.9. The number of halogens is 2. The predicted molar refractivity (Wildman–Crippen MR) is 130 cm³/mol. The first-order valence-corrected chi connectivity index (χ1v) is 10.1. The fourth-order valence-corrected chi connectivity index (χ4v) is 2.73. The molecule has 188 valence electrons. The van der Waals surface area contributed by atoms with Gasteiger partial charge in [0.25, 0.3) is 11.4 Å². The highest BCUT2D eigenvalue weighted by molar-refractivity contribution is 7.85. The van der Waals surface area contributed by atoms with E-state index in [9.17, 15) is 38.0 Å². The molecule has 0 saturated heterocycles. The van der Waals surface area contributed by atoms with E-state index in [1.54, 1.807) is 20.8 Å². The van der Waals surface area contributed by atoms with Crippen molar-refractivity contribution >= 4 is 33.9 Å². The smallest absolute Gasteiger partial charge is 0.270 e. The number of nitrogens with zero attached hydrogens (tertiary/aromatic N) is 3. The minimum Gasteiger partial charge on any atom is -0.294 e. The molecule has 0 aromatic heterocycles. The maximum absolute atomic E-state index is 13.6. The molecule has 0 spiro atoms. The Morgan fingerprint density at radius 1 is 0.882 bits per heavy atom. The molecule has 0 aliphatic carbocycles. The largest absolute Gasteiger partial charge is 0.294 e. The Hall–Kier alpha value is -3.41. The Balaban J connectivity index is 0. The molecule has 2 rings (SSSR count). The van der Waals surface area contributed by atoms with Gasteiger partial charge >= 0.3 is 0 Å². The van der Waals surface area contributed by atoms with Crippen LogP contribution in [0.25, 0.3) is 0 Å². The van der Waals surface area contributed by atoms with E-state index in [0.717, 1.165) is 43.3 Å². The fraction of sp³-hybridized carbons (Fsp3) is 0.364.